The van der Waals surface area contributed by atoms with Gasteiger partial charge in [0.05, 0.1) is 62.0 Å². The monoisotopic (exact) mass is 1130 g/mol. The number of hydrogen-bond acceptors (Lipinski definition) is 16. The summed E-state index contributed by atoms with van der Waals surface area (Å²) in [5.74, 6) is -4.02. The molecule has 1 aromatic carbocycles. The zero-order valence-electron chi connectivity index (χ0n) is 50.4. The smallest absolute Gasteiger partial charge is 0.407 e. The topological polar surface area (TPSA) is 282 Å². The van der Waals surface area contributed by atoms with Crippen molar-refractivity contribution >= 4 is 47.5 Å². The molecule has 0 radical (unpaired) electrons. The molecule has 12 atom stereocenters. The predicted octanol–water partition coefficient (Wildman–Crippen LogP) is 2.79. The van der Waals surface area contributed by atoms with E-state index in [-0.39, 0.29) is 94.1 Å². The molecule has 0 saturated carbocycles. The highest BCUT2D eigenvalue weighted by atomic mass is 16.7. The molecule has 2 rings (SSSR count). The van der Waals surface area contributed by atoms with Gasteiger partial charge in [-0.3, -0.25) is 33.7 Å². The summed E-state index contributed by atoms with van der Waals surface area (Å²) in [4.78, 5) is 113. The van der Waals surface area contributed by atoms with E-state index in [1.807, 2.05) is 97.8 Å². The van der Waals surface area contributed by atoms with Crippen molar-refractivity contribution < 1.29 is 71.9 Å². The van der Waals surface area contributed by atoms with E-state index in [0.29, 0.717) is 32.2 Å². The minimum absolute atomic E-state index is 0.00388. The summed E-state index contributed by atoms with van der Waals surface area (Å²) < 4.78 is 33.1. The van der Waals surface area contributed by atoms with Crippen molar-refractivity contribution in [2.75, 3.05) is 81.9 Å². The minimum atomic E-state index is -1.01. The van der Waals surface area contributed by atoms with Crippen LogP contribution in [0.3, 0.4) is 0 Å². The zero-order chi connectivity index (χ0) is 60.2. The minimum Gasteiger partial charge on any atom is -0.464 e. The largest absolute Gasteiger partial charge is 0.464 e. The van der Waals surface area contributed by atoms with Crippen molar-refractivity contribution in [2.45, 2.75) is 175 Å². The molecule has 80 heavy (non-hydrogen) atoms. The van der Waals surface area contributed by atoms with Crippen molar-refractivity contribution in [3.8, 4) is 0 Å². The number of benzene rings is 1. The van der Waals surface area contributed by atoms with Gasteiger partial charge < -0.3 is 69.9 Å². The normalized spacial score (nSPS) is 17.6. The van der Waals surface area contributed by atoms with Gasteiger partial charge in [-0.15, -0.1) is 0 Å². The Morgan fingerprint density at radius 3 is 2.01 bits per heavy atom. The molecular formula is C57H98N8O15. The van der Waals surface area contributed by atoms with E-state index in [0.717, 1.165) is 5.56 Å². The van der Waals surface area contributed by atoms with Gasteiger partial charge in [-0.2, -0.15) is 0 Å². The quantitative estimate of drug-likeness (QED) is 0.0317. The first-order chi connectivity index (χ1) is 37.9. The summed E-state index contributed by atoms with van der Waals surface area (Å²) in [7, 11) is 9.77. The number of esters is 1. The van der Waals surface area contributed by atoms with Gasteiger partial charge >= 0.3 is 12.1 Å². The van der Waals surface area contributed by atoms with E-state index in [1.165, 1.54) is 28.3 Å². The summed E-state index contributed by atoms with van der Waals surface area (Å²) in [6.45, 7) is 16.6. The lowest BCUT2D eigenvalue weighted by molar-refractivity contribution is -0.181. The number of ether oxygens (including phenoxy) is 6. The number of aliphatic hydroxyl groups is 1. The van der Waals surface area contributed by atoms with Gasteiger partial charge in [-0.1, -0.05) is 92.1 Å². The molecule has 23 heteroatoms. The third-order valence-corrected chi connectivity index (χ3v) is 14.7. The average Bonchev–Trinajstić information content (AvgIpc) is 3.92. The van der Waals surface area contributed by atoms with Crippen molar-refractivity contribution in [1.29, 1.82) is 0 Å². The lowest BCUT2D eigenvalue weighted by Gasteiger charge is -2.41. The van der Waals surface area contributed by atoms with Crippen LogP contribution < -0.4 is 26.6 Å². The SMILES string of the molecule is CCC(CO)OC(COC(=O)NCCC(=O)NC(C)C(=O)OCCCNC(=O)[C@H](Cc1ccccc1)NC(=O)[C@H](C)[C@@H](OC)[C@@H]1CCCN1C(=O)C[C@@H](OC)[C@H]([C@@H](C)CC)N(C)C(=O)[C@@H](NC(=O)[C@H](C(C)C)N(C)C)C(C)C)OC. The van der Waals surface area contributed by atoms with Crippen LogP contribution in [0.1, 0.15) is 113 Å². The Morgan fingerprint density at radius 2 is 1.45 bits per heavy atom. The van der Waals surface area contributed by atoms with Gasteiger partial charge in [-0.05, 0) is 70.0 Å². The van der Waals surface area contributed by atoms with E-state index < -0.39 is 96.6 Å². The molecule has 7 amide bonds. The van der Waals surface area contributed by atoms with E-state index >= 15 is 0 Å². The molecule has 1 fully saturated rings. The van der Waals surface area contributed by atoms with Gasteiger partial charge in [0.25, 0.3) is 0 Å². The molecule has 0 spiro atoms. The molecule has 6 N–H and O–H groups in total. The number of alkyl carbamates (subject to hydrolysis) is 1. The summed E-state index contributed by atoms with van der Waals surface area (Å²) in [6, 6.07) is 4.92. The van der Waals surface area contributed by atoms with Crippen LogP contribution in [0.2, 0.25) is 0 Å². The molecule has 0 bridgehead atoms. The predicted molar refractivity (Wildman–Crippen MR) is 300 cm³/mol. The number of hydrogen-bond donors (Lipinski definition) is 6. The van der Waals surface area contributed by atoms with Crippen molar-refractivity contribution in [2.24, 2.45) is 23.7 Å². The zero-order valence-corrected chi connectivity index (χ0v) is 50.4. The van der Waals surface area contributed by atoms with Crippen LogP contribution in [0.4, 0.5) is 4.79 Å². The number of nitrogens with one attached hydrogen (secondary N) is 5. The second kappa shape index (κ2) is 36.8. The van der Waals surface area contributed by atoms with E-state index in [1.54, 1.807) is 23.8 Å². The third-order valence-electron chi connectivity index (χ3n) is 14.7. The Labute approximate surface area is 475 Å². The molecule has 456 valence electrons. The highest BCUT2D eigenvalue weighted by Gasteiger charge is 2.44. The van der Waals surface area contributed by atoms with Crippen molar-refractivity contribution in [3.05, 3.63) is 35.9 Å². The number of rotatable bonds is 37. The molecule has 1 aliphatic rings. The van der Waals surface area contributed by atoms with Gasteiger partial charge in [0, 0.05) is 60.9 Å². The van der Waals surface area contributed by atoms with Crippen LogP contribution in [0, 0.1) is 23.7 Å². The second-order valence-corrected chi connectivity index (χ2v) is 21.6. The van der Waals surface area contributed by atoms with Crippen molar-refractivity contribution in [3.63, 3.8) is 0 Å². The van der Waals surface area contributed by atoms with E-state index in [9.17, 15) is 43.5 Å². The second-order valence-electron chi connectivity index (χ2n) is 21.6. The highest BCUT2D eigenvalue weighted by molar-refractivity contribution is 5.91. The Kier molecular flexibility index (Phi) is 32.5. The van der Waals surface area contributed by atoms with Crippen LogP contribution in [-0.2, 0) is 68.4 Å². The summed E-state index contributed by atoms with van der Waals surface area (Å²) in [5, 5.41) is 23.1. The van der Waals surface area contributed by atoms with Crippen LogP contribution in [-0.4, -0.2) is 210 Å². The number of carbonyl (C=O) groups excluding carboxylic acids is 8. The van der Waals surface area contributed by atoms with Gasteiger partial charge in [-0.25, -0.2) is 9.59 Å². The van der Waals surface area contributed by atoms with Crippen molar-refractivity contribution in [1.82, 2.24) is 41.3 Å². The molecule has 3 unspecified atom stereocenters. The molecular weight excluding hydrogens is 1040 g/mol. The Balaban J connectivity index is 2.07. The summed E-state index contributed by atoms with van der Waals surface area (Å²) >= 11 is 0. The molecule has 1 saturated heterocycles. The number of amides is 7. The molecule has 1 aliphatic heterocycles. The fraction of sp³-hybridized carbons (Fsp3) is 0.754. The first-order valence-corrected chi connectivity index (χ1v) is 28.3. The fourth-order valence-corrected chi connectivity index (χ4v) is 9.97. The van der Waals surface area contributed by atoms with E-state index in [2.05, 4.69) is 26.6 Å². The number of aliphatic hydroxyl groups excluding tert-OH is 1. The maximum absolute atomic E-state index is 14.5. The standard InChI is InChI=1S/C57H98N8O15/c1-16-37(7)50(64(12)55(72)48(35(3)4)62-54(71)49(36(5)6)63(10)11)44(75-13)32-46(68)65-29-21-25-43(65)51(77-15)38(8)52(69)61-42(31-40-23-19-18-20-24-40)53(70)58-27-22-30-78-56(73)39(9)60-45(67)26-28-59-57(74)79-34-47(76-14)80-41(17-2)33-66/h18-20,23-24,35-39,41-44,47-51,66H,16-17,21-22,25-34H2,1-15H3,(H,58,70)(H,59,74)(H,60,67)(H,61,69)(H,62,71)/t37-,38+,39?,41?,42-,43-,44+,47?,48-,49-,50-,51+/m0/s1. The molecule has 0 aliphatic carbocycles. The number of likely N-dealkylation sites (tertiary alicyclic amines) is 1. The Bertz CT molecular complexity index is 2060. The first-order valence-electron chi connectivity index (χ1n) is 28.3. The third kappa shape index (κ3) is 22.8. The Morgan fingerprint density at radius 1 is 0.775 bits per heavy atom. The highest BCUT2D eigenvalue weighted by Crippen LogP contribution is 2.30. The summed E-state index contributed by atoms with van der Waals surface area (Å²) in [6.07, 6.45) is -1.03. The maximum atomic E-state index is 14.5. The Hall–Kier alpha value is -5.46. The maximum Gasteiger partial charge on any atom is 0.407 e. The van der Waals surface area contributed by atoms with Crippen LogP contribution in [0.15, 0.2) is 30.3 Å². The molecule has 1 aromatic rings. The van der Waals surface area contributed by atoms with Crippen LogP contribution in [0.25, 0.3) is 0 Å². The van der Waals surface area contributed by atoms with Gasteiger partial charge in [0.1, 0.15) is 24.7 Å². The van der Waals surface area contributed by atoms with Gasteiger partial charge in [0.15, 0.2) is 6.29 Å². The lowest BCUT2D eigenvalue weighted by Crippen LogP contribution is -2.59. The summed E-state index contributed by atoms with van der Waals surface area (Å²) in [5.41, 5.74) is 0.798. The first kappa shape index (κ1) is 70.6. The molecule has 1 heterocycles. The van der Waals surface area contributed by atoms with Crippen LogP contribution in [0.5, 0.6) is 0 Å². The molecule has 0 aromatic heterocycles. The number of likely N-dealkylation sites (N-methyl/N-ethyl adjacent to an activating group) is 2. The van der Waals surface area contributed by atoms with Gasteiger partial charge in [0.2, 0.25) is 35.4 Å². The number of nitrogens with zero attached hydrogens (tertiary/aromatic N) is 3. The van der Waals surface area contributed by atoms with E-state index in [4.69, 9.17) is 28.4 Å². The molecule has 23 nitrogen and oxygen atoms in total. The number of carbonyl (C=O) groups is 8. The number of methoxy groups -OCH3 is 3. The fourth-order valence-electron chi connectivity index (χ4n) is 9.97. The average molecular weight is 1140 g/mol. The lowest BCUT2D eigenvalue weighted by atomic mass is 9.89. The van der Waals surface area contributed by atoms with Crippen LogP contribution >= 0.6 is 0 Å².